The van der Waals surface area contributed by atoms with Gasteiger partial charge in [0.25, 0.3) is 0 Å². The van der Waals surface area contributed by atoms with Crippen LogP contribution in [0, 0.1) is 5.92 Å². The van der Waals surface area contributed by atoms with Crippen LogP contribution in [0.2, 0.25) is 0 Å². The molecular formula is C14H23ClN2OS. The monoisotopic (exact) mass is 302 g/mol. The standard InChI is InChI=1S/C14H23ClN2OS/c1-3-13(14-16-12(7-15)10-19-14)17-6-4-5-11(8-17)9-18-2/h10-11,13H,3-9H2,1-2H3. The molecule has 2 heterocycles. The predicted octanol–water partition coefficient (Wildman–Crippen LogP) is 3.69. The van der Waals surface area contributed by atoms with Crippen molar-refractivity contribution in [2.24, 2.45) is 5.92 Å². The molecule has 19 heavy (non-hydrogen) atoms. The predicted molar refractivity (Wildman–Crippen MR) is 80.9 cm³/mol. The molecule has 1 aromatic heterocycles. The number of hydrogen-bond donors (Lipinski definition) is 0. The average molecular weight is 303 g/mol. The maximum Gasteiger partial charge on any atom is 0.110 e. The van der Waals surface area contributed by atoms with Crippen LogP contribution in [-0.2, 0) is 10.6 Å². The number of rotatable bonds is 6. The van der Waals surface area contributed by atoms with Gasteiger partial charge in [0.1, 0.15) is 5.01 Å². The second-order valence-corrected chi connectivity index (χ2v) is 6.35. The number of likely N-dealkylation sites (tertiary alicyclic amines) is 1. The topological polar surface area (TPSA) is 25.4 Å². The summed E-state index contributed by atoms with van der Waals surface area (Å²) in [6.45, 7) is 5.42. The van der Waals surface area contributed by atoms with Gasteiger partial charge in [0.05, 0.1) is 24.2 Å². The van der Waals surface area contributed by atoms with Gasteiger partial charge in [-0.1, -0.05) is 6.92 Å². The van der Waals surface area contributed by atoms with E-state index in [1.165, 1.54) is 24.4 Å². The molecule has 1 aliphatic rings. The van der Waals surface area contributed by atoms with Crippen molar-refractivity contribution in [3.05, 3.63) is 16.1 Å². The molecule has 2 rings (SSSR count). The van der Waals surface area contributed by atoms with Crippen molar-refractivity contribution in [1.82, 2.24) is 9.88 Å². The molecule has 0 radical (unpaired) electrons. The zero-order valence-corrected chi connectivity index (χ0v) is 13.3. The third-order valence-corrected chi connectivity index (χ3v) is 5.04. The Labute approximate surface area is 124 Å². The summed E-state index contributed by atoms with van der Waals surface area (Å²) in [5, 5.41) is 3.30. The van der Waals surface area contributed by atoms with E-state index in [0.29, 0.717) is 17.8 Å². The number of hydrogen-bond acceptors (Lipinski definition) is 4. The van der Waals surface area contributed by atoms with Crippen LogP contribution in [-0.4, -0.2) is 36.7 Å². The van der Waals surface area contributed by atoms with Gasteiger partial charge in [0, 0.05) is 19.0 Å². The first-order valence-electron chi connectivity index (χ1n) is 7.01. The zero-order valence-electron chi connectivity index (χ0n) is 11.8. The number of aromatic nitrogens is 1. The molecule has 5 heteroatoms. The van der Waals surface area contributed by atoms with Gasteiger partial charge >= 0.3 is 0 Å². The van der Waals surface area contributed by atoms with Crippen LogP contribution in [0.3, 0.4) is 0 Å². The van der Waals surface area contributed by atoms with Crippen molar-refractivity contribution in [1.29, 1.82) is 0 Å². The molecule has 0 aromatic carbocycles. The fraction of sp³-hybridized carbons (Fsp3) is 0.786. The molecule has 0 aliphatic carbocycles. The minimum atomic E-state index is 0.446. The number of alkyl halides is 1. The van der Waals surface area contributed by atoms with Crippen LogP contribution in [0.25, 0.3) is 0 Å². The molecule has 1 aromatic rings. The van der Waals surface area contributed by atoms with Gasteiger partial charge in [-0.25, -0.2) is 4.98 Å². The SMILES string of the molecule is CCC(c1nc(CCl)cs1)N1CCCC(COC)C1. The van der Waals surface area contributed by atoms with E-state index in [-0.39, 0.29) is 0 Å². The molecule has 0 saturated carbocycles. The summed E-state index contributed by atoms with van der Waals surface area (Å²) < 4.78 is 5.31. The second-order valence-electron chi connectivity index (χ2n) is 5.19. The van der Waals surface area contributed by atoms with Crippen LogP contribution < -0.4 is 0 Å². The molecule has 0 N–H and O–H groups in total. The van der Waals surface area contributed by atoms with Gasteiger partial charge in [0.2, 0.25) is 0 Å². The average Bonchev–Trinajstić information content (AvgIpc) is 2.89. The summed E-state index contributed by atoms with van der Waals surface area (Å²) >= 11 is 7.60. The van der Waals surface area contributed by atoms with E-state index in [1.54, 1.807) is 18.4 Å². The van der Waals surface area contributed by atoms with Gasteiger partial charge in [-0.3, -0.25) is 4.90 Å². The van der Waals surface area contributed by atoms with E-state index in [1.807, 2.05) is 0 Å². The van der Waals surface area contributed by atoms with Gasteiger partial charge in [-0.2, -0.15) is 0 Å². The molecule has 1 fully saturated rings. The molecule has 1 saturated heterocycles. The molecule has 0 spiro atoms. The van der Waals surface area contributed by atoms with E-state index in [9.17, 15) is 0 Å². The zero-order chi connectivity index (χ0) is 13.7. The van der Waals surface area contributed by atoms with Crippen molar-refractivity contribution in [3.63, 3.8) is 0 Å². The Morgan fingerprint density at radius 1 is 1.63 bits per heavy atom. The van der Waals surface area contributed by atoms with Crippen molar-refractivity contribution < 1.29 is 4.74 Å². The van der Waals surface area contributed by atoms with Crippen LogP contribution >= 0.6 is 22.9 Å². The highest BCUT2D eigenvalue weighted by Crippen LogP contribution is 2.31. The fourth-order valence-corrected chi connectivity index (χ4v) is 4.14. The molecule has 108 valence electrons. The highest BCUT2D eigenvalue weighted by molar-refractivity contribution is 7.09. The Bertz CT molecular complexity index is 383. The summed E-state index contributed by atoms with van der Waals surface area (Å²) in [5.74, 6) is 1.18. The Hall–Kier alpha value is -0.160. The quantitative estimate of drug-likeness (QED) is 0.749. The fourth-order valence-electron chi connectivity index (χ4n) is 2.88. The lowest BCUT2D eigenvalue weighted by molar-refractivity contribution is 0.0664. The molecule has 0 amide bonds. The van der Waals surface area contributed by atoms with Crippen LogP contribution in [0.1, 0.15) is 42.9 Å². The highest BCUT2D eigenvalue weighted by atomic mass is 35.5. The maximum atomic E-state index is 5.85. The highest BCUT2D eigenvalue weighted by Gasteiger charge is 2.27. The third-order valence-electron chi connectivity index (χ3n) is 3.77. The molecule has 3 nitrogen and oxygen atoms in total. The number of nitrogens with zero attached hydrogens (tertiary/aromatic N) is 2. The number of thiazole rings is 1. The number of ether oxygens (including phenoxy) is 1. The lowest BCUT2D eigenvalue weighted by Crippen LogP contribution is -2.39. The molecule has 2 atom stereocenters. The number of piperidine rings is 1. The summed E-state index contributed by atoms with van der Waals surface area (Å²) in [5.41, 5.74) is 1.01. The lowest BCUT2D eigenvalue weighted by Gasteiger charge is -2.37. The molecular weight excluding hydrogens is 280 g/mol. The molecule has 1 aliphatic heterocycles. The summed E-state index contributed by atoms with van der Waals surface area (Å²) in [7, 11) is 1.80. The van der Waals surface area contributed by atoms with Gasteiger partial charge in [-0.05, 0) is 31.7 Å². The molecule has 2 unspecified atom stereocenters. The van der Waals surface area contributed by atoms with E-state index >= 15 is 0 Å². The van der Waals surface area contributed by atoms with E-state index in [2.05, 4.69) is 22.2 Å². The van der Waals surface area contributed by atoms with Crippen LogP contribution in [0.4, 0.5) is 0 Å². The van der Waals surface area contributed by atoms with Gasteiger partial charge in [0.15, 0.2) is 0 Å². The minimum absolute atomic E-state index is 0.446. The number of methoxy groups -OCH3 is 1. The third kappa shape index (κ3) is 3.91. The van der Waals surface area contributed by atoms with E-state index in [0.717, 1.165) is 25.3 Å². The normalized spacial score (nSPS) is 22.6. The summed E-state index contributed by atoms with van der Waals surface area (Å²) in [4.78, 5) is 7.23. The smallest absolute Gasteiger partial charge is 0.110 e. The van der Waals surface area contributed by atoms with E-state index < -0.39 is 0 Å². The Balaban J connectivity index is 2.03. The Morgan fingerprint density at radius 2 is 2.47 bits per heavy atom. The second kappa shape index (κ2) is 7.58. The first kappa shape index (κ1) is 15.2. The van der Waals surface area contributed by atoms with Crippen molar-refractivity contribution in [2.75, 3.05) is 26.8 Å². The largest absolute Gasteiger partial charge is 0.384 e. The van der Waals surface area contributed by atoms with Crippen molar-refractivity contribution in [2.45, 2.75) is 38.1 Å². The first-order valence-corrected chi connectivity index (χ1v) is 8.43. The number of halogens is 1. The van der Waals surface area contributed by atoms with Crippen molar-refractivity contribution >= 4 is 22.9 Å². The van der Waals surface area contributed by atoms with Crippen LogP contribution in [0.15, 0.2) is 5.38 Å². The van der Waals surface area contributed by atoms with Crippen LogP contribution in [0.5, 0.6) is 0 Å². The van der Waals surface area contributed by atoms with Crippen molar-refractivity contribution in [3.8, 4) is 0 Å². The summed E-state index contributed by atoms with van der Waals surface area (Å²) in [6.07, 6.45) is 3.65. The Kier molecular flexibility index (Phi) is 6.07. The first-order chi connectivity index (χ1) is 9.28. The van der Waals surface area contributed by atoms with Gasteiger partial charge in [-0.15, -0.1) is 22.9 Å². The Morgan fingerprint density at radius 3 is 3.11 bits per heavy atom. The minimum Gasteiger partial charge on any atom is -0.384 e. The van der Waals surface area contributed by atoms with Gasteiger partial charge < -0.3 is 4.74 Å². The van der Waals surface area contributed by atoms with E-state index in [4.69, 9.17) is 16.3 Å². The lowest BCUT2D eigenvalue weighted by atomic mass is 9.97. The molecule has 0 bridgehead atoms. The maximum absolute atomic E-state index is 5.85. The summed E-state index contributed by atoms with van der Waals surface area (Å²) in [6, 6.07) is 0.446.